The van der Waals surface area contributed by atoms with Gasteiger partial charge in [0.05, 0.1) is 28.9 Å². The fourth-order valence-electron chi connectivity index (χ4n) is 4.02. The van der Waals surface area contributed by atoms with Gasteiger partial charge in [-0.1, -0.05) is 41.1 Å². The summed E-state index contributed by atoms with van der Waals surface area (Å²) in [5.41, 5.74) is 2.83. The molecular weight excluding hydrogens is 472 g/mol. The zero-order valence-electron chi connectivity index (χ0n) is 18.3. The summed E-state index contributed by atoms with van der Waals surface area (Å²) >= 11 is 7.32. The number of ketones is 1. The van der Waals surface area contributed by atoms with Gasteiger partial charge in [-0.3, -0.25) is 14.5 Å². The Morgan fingerprint density at radius 1 is 1.06 bits per heavy atom. The first-order valence-electron chi connectivity index (χ1n) is 10.5. The Kier molecular flexibility index (Phi) is 5.59. The Labute approximate surface area is 204 Å². The van der Waals surface area contributed by atoms with Crippen LogP contribution in [0.5, 0.6) is 5.75 Å². The van der Waals surface area contributed by atoms with Crippen LogP contribution in [0.2, 0.25) is 5.02 Å². The summed E-state index contributed by atoms with van der Waals surface area (Å²) in [6.45, 7) is 1.98. The van der Waals surface area contributed by atoms with Crippen molar-refractivity contribution in [1.29, 1.82) is 0 Å². The number of carbonyl (C=O) groups excluding carboxylic acids is 2. The normalized spacial score (nSPS) is 17.5. The van der Waals surface area contributed by atoms with Gasteiger partial charge in [-0.25, -0.2) is 4.98 Å². The van der Waals surface area contributed by atoms with Gasteiger partial charge in [-0.2, -0.15) is 0 Å². The van der Waals surface area contributed by atoms with E-state index in [1.807, 2.05) is 25.1 Å². The van der Waals surface area contributed by atoms with Gasteiger partial charge < -0.3 is 9.84 Å². The second-order valence-corrected chi connectivity index (χ2v) is 9.36. The second kappa shape index (κ2) is 8.59. The molecule has 1 N–H and O–H groups in total. The maximum absolute atomic E-state index is 13.3. The summed E-state index contributed by atoms with van der Waals surface area (Å²) in [6, 6.07) is 18.5. The zero-order chi connectivity index (χ0) is 24.0. The van der Waals surface area contributed by atoms with Gasteiger partial charge in [0, 0.05) is 10.6 Å². The van der Waals surface area contributed by atoms with E-state index in [2.05, 4.69) is 4.98 Å². The minimum Gasteiger partial charge on any atom is -0.507 e. The van der Waals surface area contributed by atoms with Crippen LogP contribution >= 0.6 is 22.9 Å². The first-order valence-corrected chi connectivity index (χ1v) is 11.6. The first kappa shape index (κ1) is 22.1. The largest absolute Gasteiger partial charge is 0.507 e. The maximum atomic E-state index is 13.3. The van der Waals surface area contributed by atoms with E-state index in [-0.39, 0.29) is 11.3 Å². The van der Waals surface area contributed by atoms with Gasteiger partial charge in [0.15, 0.2) is 5.13 Å². The van der Waals surface area contributed by atoms with E-state index in [0.29, 0.717) is 27.0 Å². The number of benzene rings is 3. The van der Waals surface area contributed by atoms with E-state index < -0.39 is 17.7 Å². The van der Waals surface area contributed by atoms with Gasteiger partial charge in [0.25, 0.3) is 5.78 Å². The number of anilines is 1. The summed E-state index contributed by atoms with van der Waals surface area (Å²) in [5.74, 6) is -1.15. The number of aliphatic hydroxyl groups excluding tert-OH is 1. The fraction of sp³-hybridized carbons (Fsp3) is 0.115. The summed E-state index contributed by atoms with van der Waals surface area (Å²) in [5, 5.41) is 12.0. The zero-order valence-corrected chi connectivity index (χ0v) is 19.9. The van der Waals surface area contributed by atoms with Crippen molar-refractivity contribution < 1.29 is 19.4 Å². The van der Waals surface area contributed by atoms with Crippen molar-refractivity contribution in [2.24, 2.45) is 0 Å². The number of aliphatic hydroxyl groups is 1. The third kappa shape index (κ3) is 3.73. The Hall–Kier alpha value is -3.68. The summed E-state index contributed by atoms with van der Waals surface area (Å²) in [7, 11) is 1.56. The Morgan fingerprint density at radius 2 is 1.76 bits per heavy atom. The number of carbonyl (C=O) groups is 2. The highest BCUT2D eigenvalue weighted by Gasteiger charge is 2.48. The Balaban J connectivity index is 1.72. The van der Waals surface area contributed by atoms with Crippen LogP contribution in [0.4, 0.5) is 5.13 Å². The molecule has 0 spiro atoms. The molecular formula is C26H19ClN2O4S. The molecule has 1 fully saturated rings. The average molecular weight is 491 g/mol. The van der Waals surface area contributed by atoms with Crippen molar-refractivity contribution in [3.8, 4) is 5.75 Å². The number of aromatic nitrogens is 1. The summed E-state index contributed by atoms with van der Waals surface area (Å²) < 4.78 is 6.17. The van der Waals surface area contributed by atoms with E-state index in [9.17, 15) is 14.7 Å². The van der Waals surface area contributed by atoms with Crippen LogP contribution in [-0.2, 0) is 9.59 Å². The van der Waals surface area contributed by atoms with Crippen LogP contribution in [0.25, 0.3) is 16.0 Å². The number of Topliss-reactive ketones (excluding diaryl/α,β-unsaturated/α-hetero) is 1. The highest BCUT2D eigenvalue weighted by atomic mass is 35.5. The van der Waals surface area contributed by atoms with Crippen molar-refractivity contribution in [3.05, 3.63) is 94.0 Å². The monoisotopic (exact) mass is 490 g/mol. The lowest BCUT2D eigenvalue weighted by atomic mass is 9.95. The van der Waals surface area contributed by atoms with Gasteiger partial charge in [0.1, 0.15) is 11.5 Å². The van der Waals surface area contributed by atoms with Crippen LogP contribution in [0.3, 0.4) is 0 Å². The molecule has 0 bridgehead atoms. The number of aryl methyl sites for hydroxylation is 1. The van der Waals surface area contributed by atoms with Crippen molar-refractivity contribution in [3.63, 3.8) is 0 Å². The second-order valence-electron chi connectivity index (χ2n) is 7.92. The van der Waals surface area contributed by atoms with Crippen LogP contribution < -0.4 is 9.64 Å². The minimum absolute atomic E-state index is 0.00655. The lowest BCUT2D eigenvalue weighted by molar-refractivity contribution is -0.132. The predicted octanol–water partition coefficient (Wildman–Crippen LogP) is 5.89. The van der Waals surface area contributed by atoms with Crippen LogP contribution in [-0.4, -0.2) is 28.9 Å². The molecule has 2 heterocycles. The third-order valence-corrected chi connectivity index (χ3v) is 7.00. The number of nitrogens with zero attached hydrogens (tertiary/aromatic N) is 2. The molecule has 3 aromatic carbocycles. The Morgan fingerprint density at radius 3 is 2.44 bits per heavy atom. The number of rotatable bonds is 4. The number of halogens is 1. The summed E-state index contributed by atoms with van der Waals surface area (Å²) in [6.07, 6.45) is 0. The molecule has 5 rings (SSSR count). The standard InChI is InChI=1S/C26H19ClN2O4S/c1-14-3-12-19-20(13-14)34-26(28-19)29-22(15-6-10-18(33-2)11-7-15)21(24(31)25(29)32)23(30)16-4-8-17(27)9-5-16/h3-13,22,30H,1-2H3/b23-21+. The highest BCUT2D eigenvalue weighted by Crippen LogP contribution is 2.44. The van der Waals surface area contributed by atoms with Crippen LogP contribution in [0, 0.1) is 6.92 Å². The molecule has 0 aliphatic carbocycles. The van der Waals surface area contributed by atoms with E-state index in [1.165, 1.54) is 16.2 Å². The molecule has 1 unspecified atom stereocenters. The molecule has 0 saturated carbocycles. The lowest BCUT2D eigenvalue weighted by Gasteiger charge is -2.23. The molecule has 1 aliphatic heterocycles. The van der Waals surface area contributed by atoms with Crippen molar-refractivity contribution in [2.75, 3.05) is 12.0 Å². The molecule has 34 heavy (non-hydrogen) atoms. The van der Waals surface area contributed by atoms with Crippen molar-refractivity contribution in [1.82, 2.24) is 4.98 Å². The fourth-order valence-corrected chi connectivity index (χ4v) is 5.23. The summed E-state index contributed by atoms with van der Waals surface area (Å²) in [4.78, 5) is 32.6. The molecule has 1 atom stereocenters. The average Bonchev–Trinajstić information content (AvgIpc) is 3.37. The van der Waals surface area contributed by atoms with Gasteiger partial charge in [-0.05, 0) is 66.6 Å². The first-order chi connectivity index (χ1) is 16.4. The molecule has 1 aliphatic rings. The smallest absolute Gasteiger partial charge is 0.301 e. The molecule has 6 nitrogen and oxygen atoms in total. The molecule has 1 saturated heterocycles. The van der Waals surface area contributed by atoms with Crippen LogP contribution in [0.1, 0.15) is 22.7 Å². The van der Waals surface area contributed by atoms with Gasteiger partial charge in [-0.15, -0.1) is 0 Å². The third-order valence-electron chi connectivity index (χ3n) is 5.73. The highest BCUT2D eigenvalue weighted by molar-refractivity contribution is 7.22. The number of methoxy groups -OCH3 is 1. The van der Waals surface area contributed by atoms with E-state index in [1.54, 1.807) is 55.6 Å². The van der Waals surface area contributed by atoms with Crippen molar-refractivity contribution in [2.45, 2.75) is 13.0 Å². The maximum Gasteiger partial charge on any atom is 0.301 e. The van der Waals surface area contributed by atoms with Crippen molar-refractivity contribution >= 4 is 55.7 Å². The number of amides is 1. The molecule has 170 valence electrons. The van der Waals surface area contributed by atoms with Gasteiger partial charge in [0.2, 0.25) is 0 Å². The number of hydrogen-bond acceptors (Lipinski definition) is 6. The predicted molar refractivity (Wildman–Crippen MR) is 134 cm³/mol. The minimum atomic E-state index is -0.858. The lowest BCUT2D eigenvalue weighted by Crippen LogP contribution is -2.29. The number of thiazole rings is 1. The molecule has 1 amide bonds. The SMILES string of the molecule is COc1ccc(C2/C(=C(\O)c3ccc(Cl)cc3)C(=O)C(=O)N2c2nc3ccc(C)cc3s2)cc1. The quantitative estimate of drug-likeness (QED) is 0.219. The number of fused-ring (bicyclic) bond motifs is 1. The van der Waals surface area contributed by atoms with Gasteiger partial charge >= 0.3 is 5.91 Å². The Bertz CT molecular complexity index is 1460. The van der Waals surface area contributed by atoms with E-state index >= 15 is 0 Å². The number of ether oxygens (including phenoxy) is 1. The molecule has 0 radical (unpaired) electrons. The molecule has 1 aromatic heterocycles. The molecule has 4 aromatic rings. The molecule has 8 heteroatoms. The topological polar surface area (TPSA) is 79.7 Å². The van der Waals surface area contributed by atoms with E-state index in [0.717, 1.165) is 15.8 Å². The van der Waals surface area contributed by atoms with Crippen LogP contribution in [0.15, 0.2) is 72.3 Å². The number of hydrogen-bond donors (Lipinski definition) is 1. The van der Waals surface area contributed by atoms with E-state index in [4.69, 9.17) is 16.3 Å².